The first kappa shape index (κ1) is 48.4. The van der Waals surface area contributed by atoms with E-state index in [1.165, 1.54) is 148 Å². The van der Waals surface area contributed by atoms with Gasteiger partial charge in [-0.25, -0.2) is 0 Å². The summed E-state index contributed by atoms with van der Waals surface area (Å²) in [5.74, 6) is -0.865. The fourth-order valence-electron chi connectivity index (χ4n) is 6.50. The predicted octanol–water partition coefficient (Wildman–Crippen LogP) is 13.7. The molecule has 0 N–H and O–H groups in total. The molecule has 296 valence electrons. The van der Waals surface area contributed by atoms with Gasteiger partial charge in [0.1, 0.15) is 13.2 Å². The fraction of sp³-hybridized carbons (Fsp3) is 0.932. The van der Waals surface area contributed by atoms with Crippen molar-refractivity contribution in [2.45, 2.75) is 252 Å². The molecule has 0 saturated heterocycles. The lowest BCUT2D eigenvalue weighted by Crippen LogP contribution is -2.30. The molecule has 0 heterocycles. The Hall–Kier alpha value is -1.59. The fourth-order valence-corrected chi connectivity index (χ4v) is 6.50. The highest BCUT2D eigenvalue weighted by atomic mass is 16.6. The highest BCUT2D eigenvalue weighted by molar-refractivity contribution is 5.71. The molecule has 1 atom stereocenters. The summed E-state index contributed by atoms with van der Waals surface area (Å²) >= 11 is 0. The number of esters is 3. The summed E-state index contributed by atoms with van der Waals surface area (Å²) in [6.45, 7) is 6.58. The minimum atomic E-state index is -0.756. The lowest BCUT2D eigenvalue weighted by Gasteiger charge is -2.18. The van der Waals surface area contributed by atoms with Crippen LogP contribution in [0.15, 0.2) is 0 Å². The number of carbonyl (C=O) groups excluding carboxylic acids is 3. The summed E-state index contributed by atoms with van der Waals surface area (Å²) in [6.07, 6.45) is 39.6. The molecule has 0 radical (unpaired) electrons. The van der Waals surface area contributed by atoms with Gasteiger partial charge in [0.15, 0.2) is 6.10 Å². The van der Waals surface area contributed by atoms with Gasteiger partial charge in [0.2, 0.25) is 0 Å². The van der Waals surface area contributed by atoms with Crippen LogP contribution in [0.25, 0.3) is 0 Å². The summed E-state index contributed by atoms with van der Waals surface area (Å²) < 4.78 is 16.6. The van der Waals surface area contributed by atoms with Gasteiger partial charge in [-0.3, -0.25) is 14.4 Å². The summed E-state index contributed by atoms with van der Waals surface area (Å²) in [4.78, 5) is 37.4. The molecule has 0 fully saturated rings. The molecule has 0 spiro atoms. The van der Waals surface area contributed by atoms with Crippen molar-refractivity contribution >= 4 is 17.9 Å². The summed E-state index contributed by atoms with van der Waals surface area (Å²) in [5.41, 5.74) is 0. The van der Waals surface area contributed by atoms with Crippen molar-refractivity contribution in [2.75, 3.05) is 13.2 Å². The van der Waals surface area contributed by atoms with Crippen LogP contribution >= 0.6 is 0 Å². The number of rotatable bonds is 40. The first-order valence-corrected chi connectivity index (χ1v) is 22.0. The van der Waals surface area contributed by atoms with Crippen LogP contribution in [0.2, 0.25) is 0 Å². The molecule has 0 aromatic rings. The van der Waals surface area contributed by atoms with E-state index >= 15 is 0 Å². The molecule has 0 aromatic heterocycles. The normalized spacial score (nSPS) is 11.8. The van der Waals surface area contributed by atoms with Crippen molar-refractivity contribution in [1.82, 2.24) is 0 Å². The van der Waals surface area contributed by atoms with Crippen LogP contribution in [0.4, 0.5) is 0 Å². The van der Waals surface area contributed by atoms with Gasteiger partial charge in [-0.2, -0.15) is 0 Å². The molecule has 0 rings (SSSR count). The zero-order valence-corrected chi connectivity index (χ0v) is 33.7. The topological polar surface area (TPSA) is 78.9 Å². The van der Waals surface area contributed by atoms with Crippen LogP contribution in [0.1, 0.15) is 245 Å². The minimum absolute atomic E-state index is 0.0638. The quantitative estimate of drug-likeness (QED) is 0.0358. The van der Waals surface area contributed by atoms with Crippen LogP contribution in [-0.4, -0.2) is 37.2 Å². The van der Waals surface area contributed by atoms with Crippen LogP contribution < -0.4 is 0 Å². The van der Waals surface area contributed by atoms with E-state index < -0.39 is 6.10 Å². The number of carbonyl (C=O) groups is 3. The molecule has 0 aliphatic heterocycles. The molecule has 6 nitrogen and oxygen atoms in total. The van der Waals surface area contributed by atoms with Crippen molar-refractivity contribution in [3.05, 3.63) is 0 Å². The second kappa shape index (κ2) is 40.2. The molecule has 50 heavy (non-hydrogen) atoms. The van der Waals surface area contributed by atoms with Crippen molar-refractivity contribution in [2.24, 2.45) is 0 Å². The van der Waals surface area contributed by atoms with E-state index in [2.05, 4.69) is 20.8 Å². The summed E-state index contributed by atoms with van der Waals surface area (Å²) in [7, 11) is 0. The van der Waals surface area contributed by atoms with Gasteiger partial charge in [-0.1, -0.05) is 207 Å². The molecule has 6 heteroatoms. The Morgan fingerprint density at radius 1 is 0.320 bits per heavy atom. The first-order valence-electron chi connectivity index (χ1n) is 22.0. The largest absolute Gasteiger partial charge is 0.462 e. The van der Waals surface area contributed by atoms with E-state index in [1.807, 2.05) is 0 Å². The SMILES string of the molecule is CCCCCCCCCCCCCCCCCCCC(=O)OCC(COC(=O)CCCCCCCCC)OC(=O)CCCCCCCCCC. The highest BCUT2D eigenvalue weighted by Gasteiger charge is 2.19. The van der Waals surface area contributed by atoms with Crippen LogP contribution in [0, 0.1) is 0 Å². The maximum atomic E-state index is 12.6. The third kappa shape index (κ3) is 37.7. The Bertz CT molecular complexity index is 738. The number of unbranched alkanes of at least 4 members (excludes halogenated alkanes) is 29. The maximum Gasteiger partial charge on any atom is 0.306 e. The maximum absolute atomic E-state index is 12.6. The lowest BCUT2D eigenvalue weighted by atomic mass is 10.0. The third-order valence-electron chi connectivity index (χ3n) is 9.86. The van der Waals surface area contributed by atoms with Gasteiger partial charge in [-0.15, -0.1) is 0 Å². The van der Waals surface area contributed by atoms with Gasteiger partial charge < -0.3 is 14.2 Å². The lowest BCUT2D eigenvalue weighted by molar-refractivity contribution is -0.167. The van der Waals surface area contributed by atoms with E-state index in [1.54, 1.807) is 0 Å². The zero-order chi connectivity index (χ0) is 36.6. The van der Waals surface area contributed by atoms with Crippen molar-refractivity contribution in [3.8, 4) is 0 Å². The standard InChI is InChI=1S/C44H84O6/c1-4-7-10-13-16-18-19-20-21-22-23-24-25-26-29-31-34-37-43(46)49-40-41(39-48-42(45)36-33-30-27-15-12-9-6-3)50-44(47)38-35-32-28-17-14-11-8-5-2/h41H,4-40H2,1-3H3. The highest BCUT2D eigenvalue weighted by Crippen LogP contribution is 2.15. The number of ether oxygens (including phenoxy) is 3. The van der Waals surface area contributed by atoms with E-state index in [0.29, 0.717) is 19.3 Å². The third-order valence-corrected chi connectivity index (χ3v) is 9.86. The van der Waals surface area contributed by atoms with E-state index in [0.717, 1.165) is 57.8 Å². The predicted molar refractivity (Wildman–Crippen MR) is 210 cm³/mol. The minimum Gasteiger partial charge on any atom is -0.462 e. The van der Waals surface area contributed by atoms with Crippen LogP contribution in [0.5, 0.6) is 0 Å². The Kier molecular flexibility index (Phi) is 38.9. The average molecular weight is 709 g/mol. The molecule has 0 bridgehead atoms. The van der Waals surface area contributed by atoms with Gasteiger partial charge in [0.05, 0.1) is 0 Å². The second-order valence-corrected chi connectivity index (χ2v) is 15.0. The smallest absolute Gasteiger partial charge is 0.306 e. The zero-order valence-electron chi connectivity index (χ0n) is 33.7. The molecular weight excluding hydrogens is 624 g/mol. The van der Waals surface area contributed by atoms with Crippen molar-refractivity contribution in [3.63, 3.8) is 0 Å². The van der Waals surface area contributed by atoms with E-state index in [-0.39, 0.29) is 31.1 Å². The molecule has 0 aliphatic carbocycles. The van der Waals surface area contributed by atoms with Crippen molar-refractivity contribution in [1.29, 1.82) is 0 Å². The molecular formula is C44H84O6. The Morgan fingerprint density at radius 2 is 0.540 bits per heavy atom. The van der Waals surface area contributed by atoms with Gasteiger partial charge in [0.25, 0.3) is 0 Å². The first-order chi connectivity index (χ1) is 24.5. The van der Waals surface area contributed by atoms with Gasteiger partial charge in [-0.05, 0) is 19.3 Å². The molecule has 0 aliphatic rings. The Labute approximate surface area is 310 Å². The molecule has 0 aromatic carbocycles. The Balaban J connectivity index is 4.16. The number of hydrogen-bond acceptors (Lipinski definition) is 6. The monoisotopic (exact) mass is 709 g/mol. The molecule has 0 amide bonds. The van der Waals surface area contributed by atoms with E-state index in [4.69, 9.17) is 14.2 Å². The summed E-state index contributed by atoms with van der Waals surface area (Å²) in [5, 5.41) is 0. The van der Waals surface area contributed by atoms with Gasteiger partial charge in [0, 0.05) is 19.3 Å². The van der Waals surface area contributed by atoms with Gasteiger partial charge >= 0.3 is 17.9 Å². The Morgan fingerprint density at radius 3 is 0.800 bits per heavy atom. The van der Waals surface area contributed by atoms with E-state index in [9.17, 15) is 14.4 Å². The molecule has 0 saturated carbocycles. The number of hydrogen-bond donors (Lipinski definition) is 0. The average Bonchev–Trinajstić information content (AvgIpc) is 3.11. The van der Waals surface area contributed by atoms with Crippen LogP contribution in [0.3, 0.4) is 0 Å². The second-order valence-electron chi connectivity index (χ2n) is 15.0. The molecule has 1 unspecified atom stereocenters. The van der Waals surface area contributed by atoms with Crippen molar-refractivity contribution < 1.29 is 28.6 Å². The summed E-state index contributed by atoms with van der Waals surface area (Å²) in [6, 6.07) is 0. The van der Waals surface area contributed by atoms with Crippen LogP contribution in [-0.2, 0) is 28.6 Å².